The number of carbonyl (C=O) groups excluding carboxylic acids is 1. The number of benzene rings is 1. The molecule has 1 atom stereocenters. The Morgan fingerprint density at radius 1 is 1.36 bits per heavy atom. The van der Waals surface area contributed by atoms with E-state index in [0.717, 1.165) is 43.7 Å². The molecule has 1 fully saturated rings. The zero-order valence-corrected chi connectivity index (χ0v) is 14.7. The number of piperidine rings is 1. The molecule has 1 amide bonds. The van der Waals surface area contributed by atoms with Crippen LogP contribution in [0.4, 0.5) is 0 Å². The first-order chi connectivity index (χ1) is 12.2. The fraction of sp³-hybridized carbons (Fsp3) is 0.556. The number of hydrogen-bond donors (Lipinski definition) is 0. The lowest BCUT2D eigenvalue weighted by atomic mass is 9.98. The van der Waals surface area contributed by atoms with Gasteiger partial charge in [-0.05, 0) is 48.2 Å². The molecule has 2 aromatic rings. The molecule has 1 aromatic heterocycles. The Bertz CT molecular complexity index is 674. The van der Waals surface area contributed by atoms with Crippen LogP contribution in [-0.2, 0) is 11.3 Å². The first-order valence-corrected chi connectivity index (χ1v) is 8.89. The predicted molar refractivity (Wildman–Crippen MR) is 93.0 cm³/mol. The summed E-state index contributed by atoms with van der Waals surface area (Å²) in [7, 11) is 0. The van der Waals surface area contributed by atoms with E-state index >= 15 is 0 Å². The Balaban J connectivity index is 1.42. The molecule has 0 bridgehead atoms. The third-order valence-electron chi connectivity index (χ3n) is 4.61. The van der Waals surface area contributed by atoms with Gasteiger partial charge >= 0.3 is 0 Å². The van der Waals surface area contributed by atoms with Crippen LogP contribution in [0.2, 0.25) is 0 Å². The average molecular weight is 343 g/mol. The molecule has 2 heterocycles. The second-order valence-electron chi connectivity index (χ2n) is 6.60. The number of ether oxygens (including phenoxy) is 1. The number of aryl methyl sites for hydroxylation is 2. The lowest BCUT2D eigenvalue weighted by Crippen LogP contribution is -2.41. The molecule has 0 spiro atoms. The molecule has 0 saturated carbocycles. The number of nitrogens with zero attached hydrogens (tertiary/aromatic N) is 5. The first-order valence-electron chi connectivity index (χ1n) is 8.89. The van der Waals surface area contributed by atoms with Gasteiger partial charge in [0.15, 0.2) is 0 Å². The van der Waals surface area contributed by atoms with Crippen molar-refractivity contribution >= 4 is 5.91 Å². The largest absolute Gasteiger partial charge is 0.493 e. The monoisotopic (exact) mass is 343 g/mol. The van der Waals surface area contributed by atoms with E-state index in [1.807, 2.05) is 23.1 Å². The Hall–Kier alpha value is -2.44. The van der Waals surface area contributed by atoms with E-state index < -0.39 is 0 Å². The molecule has 1 aliphatic heterocycles. The van der Waals surface area contributed by atoms with Crippen LogP contribution in [-0.4, -0.2) is 50.7 Å². The maximum absolute atomic E-state index is 12.4. The SMILES string of the molecule is Cc1ccccc1OCC1CCCN(C(=O)CCCn2cnnn2)C1. The molecule has 1 aromatic carbocycles. The fourth-order valence-corrected chi connectivity index (χ4v) is 3.19. The highest BCUT2D eigenvalue weighted by molar-refractivity contribution is 5.76. The molecule has 0 radical (unpaired) electrons. The van der Waals surface area contributed by atoms with E-state index in [1.54, 1.807) is 11.0 Å². The summed E-state index contributed by atoms with van der Waals surface area (Å²) in [6.45, 7) is 5.03. The number of hydrogen-bond acceptors (Lipinski definition) is 5. The van der Waals surface area contributed by atoms with Crippen molar-refractivity contribution in [1.82, 2.24) is 25.1 Å². The highest BCUT2D eigenvalue weighted by atomic mass is 16.5. The Morgan fingerprint density at radius 2 is 2.24 bits per heavy atom. The molecule has 0 aliphatic carbocycles. The van der Waals surface area contributed by atoms with Crippen LogP contribution in [0.15, 0.2) is 30.6 Å². The van der Waals surface area contributed by atoms with Crippen LogP contribution >= 0.6 is 0 Å². The molecule has 1 saturated heterocycles. The van der Waals surface area contributed by atoms with Crippen molar-refractivity contribution in [3.05, 3.63) is 36.2 Å². The number of tetrazole rings is 1. The van der Waals surface area contributed by atoms with Gasteiger partial charge in [-0.25, -0.2) is 4.68 Å². The van der Waals surface area contributed by atoms with Crippen LogP contribution in [0.25, 0.3) is 0 Å². The van der Waals surface area contributed by atoms with Gasteiger partial charge in [0.25, 0.3) is 0 Å². The standard InChI is InChI=1S/C18H25N5O2/c1-15-6-2-3-8-17(15)25-13-16-7-4-10-22(12-16)18(24)9-5-11-23-14-19-20-21-23/h2-3,6,8,14,16H,4-5,7,9-13H2,1H3. The van der Waals surface area contributed by atoms with Crippen LogP contribution < -0.4 is 4.74 Å². The normalized spacial score (nSPS) is 17.5. The number of amides is 1. The van der Waals surface area contributed by atoms with Crippen molar-refractivity contribution in [2.45, 2.75) is 39.2 Å². The molecule has 7 nitrogen and oxygen atoms in total. The van der Waals surface area contributed by atoms with Crippen molar-refractivity contribution in [2.75, 3.05) is 19.7 Å². The second-order valence-corrected chi connectivity index (χ2v) is 6.60. The van der Waals surface area contributed by atoms with E-state index in [9.17, 15) is 4.79 Å². The maximum atomic E-state index is 12.4. The van der Waals surface area contributed by atoms with E-state index in [0.29, 0.717) is 25.5 Å². The summed E-state index contributed by atoms with van der Waals surface area (Å²) in [6, 6.07) is 8.05. The van der Waals surface area contributed by atoms with E-state index in [-0.39, 0.29) is 5.91 Å². The molecule has 0 N–H and O–H groups in total. The fourth-order valence-electron chi connectivity index (χ4n) is 3.19. The van der Waals surface area contributed by atoms with Crippen molar-refractivity contribution in [1.29, 1.82) is 0 Å². The van der Waals surface area contributed by atoms with Crippen molar-refractivity contribution in [3.63, 3.8) is 0 Å². The van der Waals surface area contributed by atoms with Gasteiger partial charge in [0.2, 0.25) is 5.91 Å². The molecule has 1 unspecified atom stereocenters. The molecule has 3 rings (SSSR count). The average Bonchev–Trinajstić information content (AvgIpc) is 3.15. The minimum absolute atomic E-state index is 0.216. The molecule has 1 aliphatic rings. The summed E-state index contributed by atoms with van der Waals surface area (Å²) < 4.78 is 7.63. The van der Waals surface area contributed by atoms with Gasteiger partial charge < -0.3 is 9.64 Å². The van der Waals surface area contributed by atoms with Gasteiger partial charge in [-0.3, -0.25) is 4.79 Å². The summed E-state index contributed by atoms with van der Waals surface area (Å²) in [4.78, 5) is 14.4. The van der Waals surface area contributed by atoms with Gasteiger partial charge in [-0.2, -0.15) is 0 Å². The molecule has 7 heteroatoms. The number of rotatable bonds is 7. The van der Waals surface area contributed by atoms with Crippen LogP contribution in [0.5, 0.6) is 5.75 Å². The van der Waals surface area contributed by atoms with E-state index in [4.69, 9.17) is 4.74 Å². The third kappa shape index (κ3) is 5.01. The van der Waals surface area contributed by atoms with E-state index in [2.05, 4.69) is 28.5 Å². The molecule has 25 heavy (non-hydrogen) atoms. The maximum Gasteiger partial charge on any atom is 0.222 e. The first kappa shape index (κ1) is 17.4. The zero-order chi connectivity index (χ0) is 17.5. The second kappa shape index (κ2) is 8.60. The molecular formula is C18H25N5O2. The summed E-state index contributed by atoms with van der Waals surface area (Å²) in [5, 5.41) is 11.0. The van der Waals surface area contributed by atoms with Crippen LogP contribution in [0.3, 0.4) is 0 Å². The van der Waals surface area contributed by atoms with Crippen molar-refractivity contribution < 1.29 is 9.53 Å². The van der Waals surface area contributed by atoms with Crippen LogP contribution in [0.1, 0.15) is 31.2 Å². The van der Waals surface area contributed by atoms with Crippen molar-refractivity contribution in [2.24, 2.45) is 5.92 Å². The highest BCUT2D eigenvalue weighted by Gasteiger charge is 2.24. The Labute approximate surface area is 148 Å². The van der Waals surface area contributed by atoms with E-state index in [1.165, 1.54) is 0 Å². The summed E-state index contributed by atoms with van der Waals surface area (Å²) in [5.41, 5.74) is 1.15. The topological polar surface area (TPSA) is 73.1 Å². The predicted octanol–water partition coefficient (Wildman–Crippen LogP) is 2.08. The third-order valence-corrected chi connectivity index (χ3v) is 4.61. The van der Waals surface area contributed by atoms with Gasteiger partial charge in [-0.15, -0.1) is 5.10 Å². The quantitative estimate of drug-likeness (QED) is 0.769. The number of carbonyl (C=O) groups is 1. The zero-order valence-electron chi connectivity index (χ0n) is 14.7. The molecule has 134 valence electrons. The lowest BCUT2D eigenvalue weighted by molar-refractivity contribution is -0.133. The van der Waals surface area contributed by atoms with Gasteiger partial charge in [-0.1, -0.05) is 18.2 Å². The molecular weight excluding hydrogens is 318 g/mol. The van der Waals surface area contributed by atoms with Gasteiger partial charge in [0, 0.05) is 32.0 Å². The minimum atomic E-state index is 0.216. The Morgan fingerprint density at radius 3 is 3.04 bits per heavy atom. The minimum Gasteiger partial charge on any atom is -0.493 e. The summed E-state index contributed by atoms with van der Waals surface area (Å²) >= 11 is 0. The number of aromatic nitrogens is 4. The van der Waals surface area contributed by atoms with Gasteiger partial charge in [0.05, 0.1) is 6.61 Å². The smallest absolute Gasteiger partial charge is 0.222 e. The summed E-state index contributed by atoms with van der Waals surface area (Å²) in [6.07, 6.45) is 5.01. The van der Waals surface area contributed by atoms with Crippen molar-refractivity contribution in [3.8, 4) is 5.75 Å². The van der Waals surface area contributed by atoms with Gasteiger partial charge in [0.1, 0.15) is 12.1 Å². The Kier molecular flexibility index (Phi) is 5.98. The summed E-state index contributed by atoms with van der Waals surface area (Å²) in [5.74, 6) is 1.55. The number of likely N-dealkylation sites (tertiary alicyclic amines) is 1. The number of para-hydroxylation sites is 1. The van der Waals surface area contributed by atoms with Crippen LogP contribution in [0, 0.1) is 12.8 Å². The highest BCUT2D eigenvalue weighted by Crippen LogP contribution is 2.21. The lowest BCUT2D eigenvalue weighted by Gasteiger charge is -2.33.